The zero-order chi connectivity index (χ0) is 17.0. The molecule has 0 radical (unpaired) electrons. The fourth-order valence-electron chi connectivity index (χ4n) is 2.34. The number of benzene rings is 1. The van der Waals surface area contributed by atoms with Crippen molar-refractivity contribution in [3.05, 3.63) is 29.8 Å². The van der Waals surface area contributed by atoms with E-state index in [1.807, 2.05) is 19.0 Å². The number of carbonyl (C=O) groups excluding carboxylic acids is 2. The van der Waals surface area contributed by atoms with E-state index in [0.717, 1.165) is 17.3 Å². The molecule has 1 aliphatic rings. The Morgan fingerprint density at radius 1 is 1.35 bits per heavy atom. The number of amides is 2. The molecule has 1 aromatic rings. The maximum Gasteiger partial charge on any atom is 0.251 e. The molecule has 2 amide bonds. The number of nitrogens with zero attached hydrogens (tertiary/aromatic N) is 2. The molecule has 0 aromatic heterocycles. The maximum atomic E-state index is 12.1. The molecule has 1 fully saturated rings. The first-order valence-electron chi connectivity index (χ1n) is 7.40. The van der Waals surface area contributed by atoms with E-state index in [9.17, 15) is 18.0 Å². The summed E-state index contributed by atoms with van der Waals surface area (Å²) in [6.45, 7) is 1.39. The molecule has 0 aliphatic carbocycles. The lowest BCUT2D eigenvalue weighted by Crippen LogP contribution is -2.30. The first-order chi connectivity index (χ1) is 10.8. The van der Waals surface area contributed by atoms with Crippen LogP contribution >= 0.6 is 0 Å². The first kappa shape index (κ1) is 17.4. The topological polar surface area (TPSA) is 86.8 Å². The average Bonchev–Trinajstić information content (AvgIpc) is 2.76. The Morgan fingerprint density at radius 2 is 2.09 bits per heavy atom. The van der Waals surface area contributed by atoms with Crippen molar-refractivity contribution in [3.63, 3.8) is 0 Å². The third kappa shape index (κ3) is 4.29. The van der Waals surface area contributed by atoms with Crippen molar-refractivity contribution in [2.75, 3.05) is 37.2 Å². The van der Waals surface area contributed by atoms with Gasteiger partial charge in [-0.15, -0.1) is 0 Å². The SMILES string of the molecule is CN(C)CCCNC(=O)c1cccc(N2C(=O)CCS2(=O)=O)c1. The summed E-state index contributed by atoms with van der Waals surface area (Å²) < 4.78 is 24.6. The van der Waals surface area contributed by atoms with Gasteiger partial charge in [-0.3, -0.25) is 9.59 Å². The van der Waals surface area contributed by atoms with Gasteiger partial charge in [0.2, 0.25) is 15.9 Å². The Hall–Kier alpha value is -1.93. The fourth-order valence-corrected chi connectivity index (χ4v) is 3.79. The molecular weight excluding hydrogens is 318 g/mol. The largest absolute Gasteiger partial charge is 0.352 e. The van der Waals surface area contributed by atoms with E-state index in [2.05, 4.69) is 5.32 Å². The predicted octanol–water partition coefficient (Wildman–Crippen LogP) is 0.435. The zero-order valence-corrected chi connectivity index (χ0v) is 14.1. The van der Waals surface area contributed by atoms with Gasteiger partial charge >= 0.3 is 0 Å². The van der Waals surface area contributed by atoms with Crippen LogP contribution < -0.4 is 9.62 Å². The standard InChI is InChI=1S/C15H21N3O4S/c1-17(2)9-4-8-16-15(20)12-5-3-6-13(11-12)18-14(19)7-10-23(18,21)22/h3,5-6,11H,4,7-10H2,1-2H3,(H,16,20). The number of anilines is 1. The number of hydrogen-bond acceptors (Lipinski definition) is 5. The molecular formula is C15H21N3O4S. The lowest BCUT2D eigenvalue weighted by Gasteiger charge is -2.16. The molecule has 0 unspecified atom stereocenters. The second-order valence-corrected chi connectivity index (χ2v) is 7.62. The second-order valence-electron chi connectivity index (χ2n) is 5.69. The Balaban J connectivity index is 2.08. The molecule has 2 rings (SSSR count). The third-order valence-electron chi connectivity index (χ3n) is 3.49. The molecule has 126 valence electrons. The smallest absolute Gasteiger partial charge is 0.251 e. The van der Waals surface area contributed by atoms with Crippen LogP contribution in [-0.2, 0) is 14.8 Å². The van der Waals surface area contributed by atoms with Gasteiger partial charge in [-0.2, -0.15) is 0 Å². The van der Waals surface area contributed by atoms with Crippen LogP contribution in [0.1, 0.15) is 23.2 Å². The van der Waals surface area contributed by atoms with Crippen molar-refractivity contribution < 1.29 is 18.0 Å². The van der Waals surface area contributed by atoms with E-state index in [0.29, 0.717) is 12.1 Å². The van der Waals surface area contributed by atoms with E-state index in [-0.39, 0.29) is 23.8 Å². The predicted molar refractivity (Wildman–Crippen MR) is 87.8 cm³/mol. The minimum atomic E-state index is -3.62. The third-order valence-corrected chi connectivity index (χ3v) is 5.18. The molecule has 1 N–H and O–H groups in total. The van der Waals surface area contributed by atoms with Gasteiger partial charge in [0.25, 0.3) is 5.91 Å². The van der Waals surface area contributed by atoms with Crippen molar-refractivity contribution >= 4 is 27.5 Å². The van der Waals surface area contributed by atoms with E-state index in [4.69, 9.17) is 0 Å². The normalized spacial score (nSPS) is 16.8. The van der Waals surface area contributed by atoms with Gasteiger partial charge in [-0.1, -0.05) is 6.07 Å². The van der Waals surface area contributed by atoms with Crippen LogP contribution in [0.5, 0.6) is 0 Å². The van der Waals surface area contributed by atoms with Gasteiger partial charge < -0.3 is 10.2 Å². The van der Waals surface area contributed by atoms with Crippen LogP contribution in [-0.4, -0.2) is 58.1 Å². The molecule has 1 aromatic carbocycles. The van der Waals surface area contributed by atoms with Crippen LogP contribution in [0.25, 0.3) is 0 Å². The highest BCUT2D eigenvalue weighted by molar-refractivity contribution is 7.94. The summed E-state index contributed by atoms with van der Waals surface area (Å²) in [7, 11) is 0.299. The highest BCUT2D eigenvalue weighted by atomic mass is 32.2. The molecule has 1 saturated heterocycles. The molecule has 0 saturated carbocycles. The molecule has 0 spiro atoms. The Kier molecular flexibility index (Phi) is 5.38. The molecule has 23 heavy (non-hydrogen) atoms. The van der Waals surface area contributed by atoms with Crippen molar-refractivity contribution in [1.29, 1.82) is 0 Å². The lowest BCUT2D eigenvalue weighted by molar-refractivity contribution is -0.116. The summed E-state index contributed by atoms with van der Waals surface area (Å²) in [4.78, 5) is 25.9. The number of rotatable bonds is 6. The summed E-state index contributed by atoms with van der Waals surface area (Å²) in [6.07, 6.45) is 0.792. The summed E-state index contributed by atoms with van der Waals surface area (Å²) in [6, 6.07) is 6.12. The van der Waals surface area contributed by atoms with Gasteiger partial charge in [-0.05, 0) is 45.3 Å². The molecule has 7 nitrogen and oxygen atoms in total. The van der Waals surface area contributed by atoms with Crippen LogP contribution in [0.15, 0.2) is 24.3 Å². The van der Waals surface area contributed by atoms with Gasteiger partial charge in [0.15, 0.2) is 0 Å². The van der Waals surface area contributed by atoms with E-state index in [1.165, 1.54) is 12.1 Å². The number of sulfonamides is 1. The molecule has 0 bridgehead atoms. The molecule has 1 heterocycles. The Bertz CT molecular complexity index is 700. The van der Waals surface area contributed by atoms with E-state index < -0.39 is 15.9 Å². The minimum absolute atomic E-state index is 0.0245. The van der Waals surface area contributed by atoms with Gasteiger partial charge in [0, 0.05) is 18.5 Å². The van der Waals surface area contributed by atoms with Gasteiger partial charge in [-0.25, -0.2) is 12.7 Å². The van der Waals surface area contributed by atoms with Gasteiger partial charge in [0.1, 0.15) is 0 Å². The van der Waals surface area contributed by atoms with Crippen LogP contribution in [0.2, 0.25) is 0 Å². The Morgan fingerprint density at radius 3 is 2.70 bits per heavy atom. The van der Waals surface area contributed by atoms with E-state index in [1.54, 1.807) is 12.1 Å². The molecule has 1 aliphatic heterocycles. The highest BCUT2D eigenvalue weighted by Gasteiger charge is 2.36. The maximum absolute atomic E-state index is 12.1. The minimum Gasteiger partial charge on any atom is -0.352 e. The van der Waals surface area contributed by atoms with Crippen molar-refractivity contribution in [2.45, 2.75) is 12.8 Å². The van der Waals surface area contributed by atoms with Crippen molar-refractivity contribution in [1.82, 2.24) is 10.2 Å². The molecule has 0 atom stereocenters. The molecule has 8 heteroatoms. The second kappa shape index (κ2) is 7.10. The zero-order valence-electron chi connectivity index (χ0n) is 13.3. The Labute approximate surface area is 136 Å². The number of nitrogens with one attached hydrogen (secondary N) is 1. The van der Waals surface area contributed by atoms with Crippen LogP contribution in [0.3, 0.4) is 0 Å². The van der Waals surface area contributed by atoms with Crippen LogP contribution in [0, 0.1) is 0 Å². The summed E-state index contributed by atoms with van der Waals surface area (Å²) in [5.41, 5.74) is 0.552. The number of carbonyl (C=O) groups is 2. The average molecular weight is 339 g/mol. The van der Waals surface area contributed by atoms with Crippen molar-refractivity contribution in [3.8, 4) is 0 Å². The summed E-state index contributed by atoms with van der Waals surface area (Å²) in [5, 5.41) is 2.79. The fraction of sp³-hybridized carbons (Fsp3) is 0.467. The first-order valence-corrected chi connectivity index (χ1v) is 9.01. The van der Waals surface area contributed by atoms with Gasteiger partial charge in [0.05, 0.1) is 11.4 Å². The highest BCUT2D eigenvalue weighted by Crippen LogP contribution is 2.25. The monoisotopic (exact) mass is 339 g/mol. The van der Waals surface area contributed by atoms with E-state index >= 15 is 0 Å². The number of hydrogen-bond donors (Lipinski definition) is 1. The van der Waals surface area contributed by atoms with Crippen molar-refractivity contribution in [2.24, 2.45) is 0 Å². The summed E-state index contributed by atoms with van der Waals surface area (Å²) >= 11 is 0. The summed E-state index contributed by atoms with van der Waals surface area (Å²) in [5.74, 6) is -0.935. The quantitative estimate of drug-likeness (QED) is 0.760. The van der Waals surface area contributed by atoms with Crippen LogP contribution in [0.4, 0.5) is 5.69 Å². The lowest BCUT2D eigenvalue weighted by atomic mass is 10.2.